The van der Waals surface area contributed by atoms with Crippen LogP contribution in [0.5, 0.6) is 17.2 Å². The second kappa shape index (κ2) is 18.3. The molecule has 0 aromatic heterocycles. The lowest BCUT2D eigenvalue weighted by atomic mass is 9.77. The third-order valence-corrected chi connectivity index (χ3v) is 6.47. The third-order valence-electron chi connectivity index (χ3n) is 6.47. The van der Waals surface area contributed by atoms with Crippen molar-refractivity contribution in [2.75, 3.05) is 39.6 Å². The summed E-state index contributed by atoms with van der Waals surface area (Å²) in [5.41, 5.74) is 4.24. The Kier molecular flexibility index (Phi) is 14.9. The molecule has 0 spiro atoms. The van der Waals surface area contributed by atoms with Crippen molar-refractivity contribution in [3.05, 3.63) is 88.5 Å². The van der Waals surface area contributed by atoms with E-state index in [9.17, 15) is 14.4 Å². The molecule has 2 aromatic carbocycles. The zero-order valence-electron chi connectivity index (χ0n) is 27.7. The van der Waals surface area contributed by atoms with Crippen molar-refractivity contribution in [1.29, 1.82) is 0 Å². The van der Waals surface area contributed by atoms with Crippen LogP contribution in [0, 0.1) is 0 Å². The average Bonchev–Trinajstić information content (AvgIpc) is 2.97. The van der Waals surface area contributed by atoms with Gasteiger partial charge in [0.05, 0.1) is 0 Å². The van der Waals surface area contributed by atoms with Gasteiger partial charge in [0.2, 0.25) is 0 Å². The first-order valence-electron chi connectivity index (χ1n) is 14.8. The maximum absolute atomic E-state index is 12.4. The average molecular weight is 623 g/mol. The Morgan fingerprint density at radius 3 is 1.42 bits per heavy atom. The number of carbonyl (C=O) groups is 3. The molecule has 0 atom stereocenters. The lowest BCUT2D eigenvalue weighted by molar-refractivity contribution is -0.145. The van der Waals surface area contributed by atoms with E-state index in [0.717, 1.165) is 27.8 Å². The van der Waals surface area contributed by atoms with Crippen LogP contribution in [0.15, 0.2) is 77.4 Å². The predicted octanol–water partition coefficient (Wildman–Crippen LogP) is 6.68. The van der Waals surface area contributed by atoms with E-state index in [1.54, 1.807) is 36.4 Å². The number of esters is 3. The SMILES string of the molecule is CC(C)=CCOC(=O)COc1ccc(C(C)(C)c2ccc(OCC(=O)OCC=C(C)C)cc2OCC(=O)OCC=C(C)C)cc1. The monoisotopic (exact) mass is 622 g/mol. The molecule has 244 valence electrons. The van der Waals surface area contributed by atoms with Gasteiger partial charge in [0.25, 0.3) is 0 Å². The zero-order valence-corrected chi connectivity index (χ0v) is 27.7. The van der Waals surface area contributed by atoms with Crippen molar-refractivity contribution < 1.29 is 42.8 Å². The Bertz CT molecular complexity index is 1370. The van der Waals surface area contributed by atoms with Gasteiger partial charge >= 0.3 is 17.9 Å². The molecule has 0 heterocycles. The number of rotatable bonds is 17. The van der Waals surface area contributed by atoms with Crippen molar-refractivity contribution in [2.45, 2.75) is 60.8 Å². The molecule has 9 heteroatoms. The summed E-state index contributed by atoms with van der Waals surface area (Å²) in [6.45, 7) is 15.3. The van der Waals surface area contributed by atoms with E-state index in [1.165, 1.54) is 0 Å². The second-order valence-electron chi connectivity index (χ2n) is 11.6. The van der Waals surface area contributed by atoms with Gasteiger partial charge in [-0.1, -0.05) is 48.8 Å². The number of benzene rings is 2. The highest BCUT2D eigenvalue weighted by atomic mass is 16.6. The Morgan fingerprint density at radius 1 is 0.578 bits per heavy atom. The summed E-state index contributed by atoms with van der Waals surface area (Å²) in [6.07, 6.45) is 5.43. The van der Waals surface area contributed by atoms with E-state index in [4.69, 9.17) is 28.4 Å². The van der Waals surface area contributed by atoms with Gasteiger partial charge in [-0.25, -0.2) is 14.4 Å². The Balaban J connectivity index is 2.20. The summed E-state index contributed by atoms with van der Waals surface area (Å²) >= 11 is 0. The number of ether oxygens (including phenoxy) is 6. The van der Waals surface area contributed by atoms with E-state index in [2.05, 4.69) is 0 Å². The first-order chi connectivity index (χ1) is 21.3. The predicted molar refractivity (Wildman–Crippen MR) is 173 cm³/mol. The van der Waals surface area contributed by atoms with Gasteiger partial charge in [-0.05, 0) is 83.5 Å². The second-order valence-corrected chi connectivity index (χ2v) is 11.6. The molecule has 0 N–H and O–H groups in total. The van der Waals surface area contributed by atoms with Crippen molar-refractivity contribution >= 4 is 17.9 Å². The molecule has 2 rings (SSSR count). The highest BCUT2D eigenvalue weighted by Crippen LogP contribution is 2.39. The molecule has 0 aliphatic rings. The molecule has 0 unspecified atom stereocenters. The van der Waals surface area contributed by atoms with Gasteiger partial charge in [-0.15, -0.1) is 0 Å². The fourth-order valence-electron chi connectivity index (χ4n) is 3.80. The summed E-state index contributed by atoms with van der Waals surface area (Å²) in [7, 11) is 0. The largest absolute Gasteiger partial charge is 0.482 e. The zero-order chi connectivity index (χ0) is 33.4. The highest BCUT2D eigenvalue weighted by molar-refractivity contribution is 5.72. The summed E-state index contributed by atoms with van der Waals surface area (Å²) in [4.78, 5) is 36.5. The van der Waals surface area contributed by atoms with E-state index in [0.29, 0.717) is 17.2 Å². The number of carbonyl (C=O) groups excluding carboxylic acids is 3. The smallest absolute Gasteiger partial charge is 0.344 e. The van der Waals surface area contributed by atoms with E-state index in [1.807, 2.05) is 79.7 Å². The quantitative estimate of drug-likeness (QED) is 0.109. The van der Waals surface area contributed by atoms with Crippen molar-refractivity contribution in [3.63, 3.8) is 0 Å². The molecule has 0 fully saturated rings. The maximum Gasteiger partial charge on any atom is 0.344 e. The van der Waals surface area contributed by atoms with Gasteiger partial charge in [-0.3, -0.25) is 0 Å². The first kappa shape index (κ1) is 36.7. The minimum absolute atomic E-state index is 0.155. The van der Waals surface area contributed by atoms with Crippen molar-refractivity contribution in [2.24, 2.45) is 0 Å². The van der Waals surface area contributed by atoms with Gasteiger partial charge in [0.1, 0.15) is 37.1 Å². The molecule has 0 aliphatic heterocycles. The molecule has 0 amide bonds. The summed E-state index contributed by atoms with van der Waals surface area (Å²) < 4.78 is 32.8. The molecule has 45 heavy (non-hydrogen) atoms. The van der Waals surface area contributed by atoms with Crippen LogP contribution < -0.4 is 14.2 Å². The normalized spacial score (nSPS) is 10.6. The summed E-state index contributed by atoms with van der Waals surface area (Å²) in [5.74, 6) is -0.195. The molecule has 0 saturated heterocycles. The number of hydrogen-bond acceptors (Lipinski definition) is 9. The van der Waals surface area contributed by atoms with Crippen LogP contribution in [-0.4, -0.2) is 57.5 Å². The Morgan fingerprint density at radius 2 is 0.978 bits per heavy atom. The van der Waals surface area contributed by atoms with Gasteiger partial charge in [0, 0.05) is 17.0 Å². The molecule has 2 aromatic rings. The van der Waals surface area contributed by atoms with Gasteiger partial charge in [0.15, 0.2) is 19.8 Å². The van der Waals surface area contributed by atoms with Gasteiger partial charge in [-0.2, -0.15) is 0 Å². The summed E-state index contributed by atoms with van der Waals surface area (Å²) in [5, 5.41) is 0. The molecular weight excluding hydrogens is 576 g/mol. The molecule has 0 saturated carbocycles. The fourth-order valence-corrected chi connectivity index (χ4v) is 3.80. The van der Waals surface area contributed by atoms with Crippen LogP contribution in [0.2, 0.25) is 0 Å². The first-order valence-corrected chi connectivity index (χ1v) is 14.8. The van der Waals surface area contributed by atoms with Crippen LogP contribution >= 0.6 is 0 Å². The molecule has 0 bridgehead atoms. The van der Waals surface area contributed by atoms with Crippen molar-refractivity contribution in [1.82, 2.24) is 0 Å². The Hall–Kier alpha value is -4.53. The number of hydrogen-bond donors (Lipinski definition) is 0. The lowest BCUT2D eigenvalue weighted by Gasteiger charge is -2.28. The van der Waals surface area contributed by atoms with Crippen molar-refractivity contribution in [3.8, 4) is 17.2 Å². The van der Waals surface area contributed by atoms with Crippen LogP contribution in [0.3, 0.4) is 0 Å². The number of allylic oxidation sites excluding steroid dienone is 3. The third kappa shape index (κ3) is 13.8. The highest BCUT2D eigenvalue weighted by Gasteiger charge is 2.28. The fraction of sp³-hybridized carbons (Fsp3) is 0.417. The standard InChI is InChI=1S/C36H46O9/c1-25(2)15-18-40-33(37)22-43-29-11-9-28(10-12-29)36(7,8)31-14-13-30(44-23-34(38)41-19-16-26(3)4)21-32(31)45-24-35(39)42-20-17-27(5)6/h9-17,21H,18-20,22-24H2,1-8H3. The lowest BCUT2D eigenvalue weighted by Crippen LogP contribution is -2.22. The van der Waals surface area contributed by atoms with E-state index >= 15 is 0 Å². The molecule has 0 aliphatic carbocycles. The molecule has 9 nitrogen and oxygen atoms in total. The topological polar surface area (TPSA) is 107 Å². The Labute approximate surface area is 266 Å². The maximum atomic E-state index is 12.4. The van der Waals surface area contributed by atoms with E-state index in [-0.39, 0.29) is 39.6 Å². The molecular formula is C36H46O9. The van der Waals surface area contributed by atoms with Gasteiger partial charge < -0.3 is 28.4 Å². The molecule has 0 radical (unpaired) electrons. The van der Waals surface area contributed by atoms with Crippen LogP contribution in [0.1, 0.15) is 66.5 Å². The minimum Gasteiger partial charge on any atom is -0.482 e. The van der Waals surface area contributed by atoms with Crippen LogP contribution in [0.4, 0.5) is 0 Å². The van der Waals surface area contributed by atoms with Crippen LogP contribution in [0.25, 0.3) is 0 Å². The minimum atomic E-state index is -0.592. The summed E-state index contributed by atoms with van der Waals surface area (Å²) in [6, 6.07) is 12.6. The van der Waals surface area contributed by atoms with Crippen LogP contribution in [-0.2, 0) is 34.0 Å². The van der Waals surface area contributed by atoms with E-state index < -0.39 is 23.3 Å².